The van der Waals surface area contributed by atoms with Crippen LogP contribution in [0, 0.1) is 0 Å². The molecule has 0 radical (unpaired) electrons. The highest BCUT2D eigenvalue weighted by Gasteiger charge is 2.29. The fourth-order valence-corrected chi connectivity index (χ4v) is 5.29. The number of anilines is 1. The highest BCUT2D eigenvalue weighted by atomic mass is 35.5. The third kappa shape index (κ3) is 8.98. The molecular weight excluding hydrogens is 521 g/mol. The number of sulfonamides is 1. The number of carbonyl (C=O) groups excluding carboxylic acids is 2. The Balaban J connectivity index is 2.21. The Morgan fingerprint density at radius 3 is 2.31 bits per heavy atom. The summed E-state index contributed by atoms with van der Waals surface area (Å²) in [6.45, 7) is 4.72. The number of hydrogen-bond acceptors (Lipinski definition) is 4. The average Bonchev–Trinajstić information content (AvgIpc) is 2.82. The fraction of sp³-hybridized carbons (Fsp3) is 0.462. The van der Waals surface area contributed by atoms with Crippen LogP contribution < -0.4 is 9.62 Å². The van der Waals surface area contributed by atoms with Crippen LogP contribution in [0.15, 0.2) is 48.5 Å². The standard InChI is InChI=1S/C26H35Cl2N3O4S/c1-4-6-16-29-26(33)24(5-2)30(19-20-14-15-21(27)18-23(20)28)25(32)13-10-17-31(36(3,34)35)22-11-8-7-9-12-22/h7-9,11-12,14-15,18,24H,4-6,10,13,16-17,19H2,1-3H3,(H,29,33). The second-order valence-corrected chi connectivity index (χ2v) is 11.4. The van der Waals surface area contributed by atoms with Crippen LogP contribution in [0.5, 0.6) is 0 Å². The van der Waals surface area contributed by atoms with E-state index in [1.54, 1.807) is 42.5 Å². The van der Waals surface area contributed by atoms with Crippen molar-refractivity contribution < 1.29 is 18.0 Å². The van der Waals surface area contributed by atoms with Gasteiger partial charge in [-0.1, -0.05) is 67.7 Å². The van der Waals surface area contributed by atoms with Gasteiger partial charge < -0.3 is 10.2 Å². The van der Waals surface area contributed by atoms with Crippen LogP contribution in [0.4, 0.5) is 5.69 Å². The van der Waals surface area contributed by atoms with Crippen LogP contribution in [0.2, 0.25) is 10.0 Å². The minimum atomic E-state index is -3.53. The minimum absolute atomic E-state index is 0.0722. The third-order valence-electron chi connectivity index (χ3n) is 5.77. The van der Waals surface area contributed by atoms with Gasteiger partial charge in [0, 0.05) is 36.1 Å². The molecule has 0 aromatic heterocycles. The first-order chi connectivity index (χ1) is 17.1. The van der Waals surface area contributed by atoms with Crippen molar-refractivity contribution in [1.82, 2.24) is 10.2 Å². The number of nitrogens with zero attached hydrogens (tertiary/aromatic N) is 2. The number of hydrogen-bond donors (Lipinski definition) is 1. The van der Waals surface area contributed by atoms with Crippen molar-refractivity contribution in [3.63, 3.8) is 0 Å². The number of nitrogens with one attached hydrogen (secondary N) is 1. The first-order valence-electron chi connectivity index (χ1n) is 12.1. The Morgan fingerprint density at radius 2 is 1.72 bits per heavy atom. The Bertz CT molecular complexity index is 1110. The molecule has 198 valence electrons. The molecule has 0 bridgehead atoms. The van der Waals surface area contributed by atoms with Crippen molar-refractivity contribution >= 4 is 50.7 Å². The Hall–Kier alpha value is -2.29. The van der Waals surface area contributed by atoms with Crippen LogP contribution in [0.1, 0.15) is 51.5 Å². The van der Waals surface area contributed by atoms with E-state index in [1.165, 1.54) is 9.21 Å². The summed E-state index contributed by atoms with van der Waals surface area (Å²) in [6.07, 6.45) is 3.72. The molecule has 0 aliphatic carbocycles. The maximum Gasteiger partial charge on any atom is 0.242 e. The predicted octanol–water partition coefficient (Wildman–Crippen LogP) is 5.26. The number of para-hydroxylation sites is 1. The number of carbonyl (C=O) groups is 2. The SMILES string of the molecule is CCCCNC(=O)C(CC)N(Cc1ccc(Cl)cc1Cl)C(=O)CCCN(c1ccccc1)S(C)(=O)=O. The molecule has 0 spiro atoms. The molecule has 0 saturated heterocycles. The number of unbranched alkanes of at least 4 members (excludes halogenated alkanes) is 1. The Morgan fingerprint density at radius 1 is 1.03 bits per heavy atom. The molecule has 2 amide bonds. The lowest BCUT2D eigenvalue weighted by molar-refractivity contribution is -0.141. The molecule has 2 aromatic carbocycles. The molecule has 1 unspecified atom stereocenters. The van der Waals surface area contributed by atoms with E-state index < -0.39 is 16.1 Å². The summed E-state index contributed by atoms with van der Waals surface area (Å²) in [4.78, 5) is 27.9. The summed E-state index contributed by atoms with van der Waals surface area (Å²) in [5.41, 5.74) is 1.22. The molecule has 0 aliphatic heterocycles. The topological polar surface area (TPSA) is 86.8 Å². The van der Waals surface area contributed by atoms with Gasteiger partial charge in [0.25, 0.3) is 0 Å². The van der Waals surface area contributed by atoms with Gasteiger partial charge in [-0.05, 0) is 49.1 Å². The van der Waals surface area contributed by atoms with E-state index in [0.717, 1.165) is 19.1 Å². The van der Waals surface area contributed by atoms with Crippen molar-refractivity contribution in [3.05, 3.63) is 64.1 Å². The van der Waals surface area contributed by atoms with E-state index in [2.05, 4.69) is 5.32 Å². The zero-order valence-electron chi connectivity index (χ0n) is 21.0. The third-order valence-corrected chi connectivity index (χ3v) is 7.55. The van der Waals surface area contributed by atoms with E-state index in [-0.39, 0.29) is 31.3 Å². The summed E-state index contributed by atoms with van der Waals surface area (Å²) in [7, 11) is -3.53. The quantitative estimate of drug-likeness (QED) is 0.322. The monoisotopic (exact) mass is 555 g/mol. The van der Waals surface area contributed by atoms with Gasteiger partial charge in [0.2, 0.25) is 21.8 Å². The van der Waals surface area contributed by atoms with Gasteiger partial charge in [0.05, 0.1) is 11.9 Å². The molecule has 7 nitrogen and oxygen atoms in total. The lowest BCUT2D eigenvalue weighted by Gasteiger charge is -2.31. The van der Waals surface area contributed by atoms with Crippen molar-refractivity contribution in [2.75, 3.05) is 23.7 Å². The van der Waals surface area contributed by atoms with Gasteiger partial charge in [0.1, 0.15) is 6.04 Å². The fourth-order valence-electron chi connectivity index (χ4n) is 3.86. The molecule has 36 heavy (non-hydrogen) atoms. The van der Waals surface area contributed by atoms with E-state index >= 15 is 0 Å². The molecule has 0 fully saturated rings. The molecule has 1 atom stereocenters. The van der Waals surface area contributed by atoms with Crippen LogP contribution >= 0.6 is 23.2 Å². The highest BCUT2D eigenvalue weighted by molar-refractivity contribution is 7.92. The summed E-state index contributed by atoms with van der Waals surface area (Å²) >= 11 is 12.4. The largest absolute Gasteiger partial charge is 0.354 e. The molecule has 2 rings (SSSR count). The number of halogens is 2. The molecule has 2 aromatic rings. The van der Waals surface area contributed by atoms with Gasteiger partial charge in [-0.25, -0.2) is 8.42 Å². The summed E-state index contributed by atoms with van der Waals surface area (Å²) in [5, 5.41) is 3.81. The van der Waals surface area contributed by atoms with Gasteiger partial charge in [-0.2, -0.15) is 0 Å². The van der Waals surface area contributed by atoms with Gasteiger partial charge in [-0.15, -0.1) is 0 Å². The van der Waals surface area contributed by atoms with E-state index in [4.69, 9.17) is 23.2 Å². The summed E-state index contributed by atoms with van der Waals surface area (Å²) in [5.74, 6) is -0.466. The van der Waals surface area contributed by atoms with Crippen LogP contribution in [0.25, 0.3) is 0 Å². The second kappa shape index (κ2) is 14.4. The number of rotatable bonds is 14. The first kappa shape index (κ1) is 29.9. The zero-order chi connectivity index (χ0) is 26.7. The summed E-state index contributed by atoms with van der Waals surface area (Å²) < 4.78 is 26.0. The van der Waals surface area contributed by atoms with Crippen LogP contribution in [0.3, 0.4) is 0 Å². The van der Waals surface area contributed by atoms with Gasteiger partial charge >= 0.3 is 0 Å². The molecule has 0 aliphatic rings. The van der Waals surface area contributed by atoms with E-state index in [9.17, 15) is 18.0 Å². The Labute approximate surface area is 224 Å². The van der Waals surface area contributed by atoms with Gasteiger partial charge in [0.15, 0.2) is 0 Å². The molecular formula is C26H35Cl2N3O4S. The normalized spacial score (nSPS) is 12.1. The summed E-state index contributed by atoms with van der Waals surface area (Å²) in [6, 6.07) is 13.1. The van der Waals surface area contributed by atoms with Crippen molar-refractivity contribution in [1.29, 1.82) is 0 Å². The lowest BCUT2D eigenvalue weighted by atomic mass is 10.1. The molecule has 0 saturated carbocycles. The maximum atomic E-state index is 13.4. The lowest BCUT2D eigenvalue weighted by Crippen LogP contribution is -2.49. The predicted molar refractivity (Wildman–Crippen MR) is 147 cm³/mol. The zero-order valence-corrected chi connectivity index (χ0v) is 23.4. The first-order valence-corrected chi connectivity index (χ1v) is 14.7. The Kier molecular flexibility index (Phi) is 12.0. The van der Waals surface area contributed by atoms with Crippen molar-refractivity contribution in [3.8, 4) is 0 Å². The van der Waals surface area contributed by atoms with Crippen LogP contribution in [-0.2, 0) is 26.2 Å². The van der Waals surface area contributed by atoms with E-state index in [0.29, 0.717) is 40.7 Å². The van der Waals surface area contributed by atoms with Gasteiger partial charge in [-0.3, -0.25) is 13.9 Å². The minimum Gasteiger partial charge on any atom is -0.354 e. The number of benzene rings is 2. The van der Waals surface area contributed by atoms with Crippen molar-refractivity contribution in [2.45, 2.75) is 58.5 Å². The van der Waals surface area contributed by atoms with Crippen LogP contribution in [-0.4, -0.2) is 50.5 Å². The molecule has 10 heteroatoms. The van der Waals surface area contributed by atoms with Crippen molar-refractivity contribution in [2.24, 2.45) is 0 Å². The average molecular weight is 557 g/mol. The molecule has 0 heterocycles. The molecule has 1 N–H and O–H groups in total. The van der Waals surface area contributed by atoms with E-state index in [1.807, 2.05) is 19.9 Å². The highest BCUT2D eigenvalue weighted by Crippen LogP contribution is 2.24. The second-order valence-electron chi connectivity index (χ2n) is 8.60. The smallest absolute Gasteiger partial charge is 0.242 e. The maximum absolute atomic E-state index is 13.4. The number of amides is 2.